The van der Waals surface area contributed by atoms with Gasteiger partial charge in [-0.1, -0.05) is 19.4 Å². The van der Waals surface area contributed by atoms with Gasteiger partial charge in [0, 0.05) is 12.6 Å². The molecular formula is C17H25NO3. The van der Waals surface area contributed by atoms with Gasteiger partial charge in [0.25, 0.3) is 0 Å². The average molecular weight is 291 g/mol. The van der Waals surface area contributed by atoms with Crippen LogP contribution in [-0.2, 0) is 0 Å². The highest BCUT2D eigenvalue weighted by molar-refractivity contribution is 5.44. The summed E-state index contributed by atoms with van der Waals surface area (Å²) in [5.41, 5.74) is 1.23. The number of fused-ring (bicyclic) bond motifs is 1. The Balaban J connectivity index is 1.65. The maximum Gasteiger partial charge on any atom is 0.161 e. The van der Waals surface area contributed by atoms with E-state index in [4.69, 9.17) is 9.47 Å². The van der Waals surface area contributed by atoms with Crippen LogP contribution in [0.1, 0.15) is 44.2 Å². The van der Waals surface area contributed by atoms with E-state index in [9.17, 15) is 5.11 Å². The first kappa shape index (κ1) is 14.7. The lowest BCUT2D eigenvalue weighted by atomic mass is 10.0. The van der Waals surface area contributed by atoms with Gasteiger partial charge in [-0.15, -0.1) is 0 Å². The summed E-state index contributed by atoms with van der Waals surface area (Å²) in [6.07, 6.45) is 4.12. The van der Waals surface area contributed by atoms with Gasteiger partial charge in [0.1, 0.15) is 13.2 Å². The monoisotopic (exact) mass is 291 g/mol. The van der Waals surface area contributed by atoms with Crippen molar-refractivity contribution in [2.24, 2.45) is 5.92 Å². The first-order valence-electron chi connectivity index (χ1n) is 8.09. The molecule has 0 radical (unpaired) electrons. The molecule has 3 atom stereocenters. The van der Waals surface area contributed by atoms with Gasteiger partial charge < -0.3 is 19.9 Å². The SMILES string of the molecule is CCC(NCC1CCCC1O)c1ccc2c(c1)OCCO2. The number of benzene rings is 1. The van der Waals surface area contributed by atoms with Crippen LogP contribution in [-0.4, -0.2) is 31.0 Å². The Morgan fingerprint density at radius 1 is 1.24 bits per heavy atom. The van der Waals surface area contributed by atoms with E-state index >= 15 is 0 Å². The van der Waals surface area contributed by atoms with E-state index in [2.05, 4.69) is 24.4 Å². The van der Waals surface area contributed by atoms with Gasteiger partial charge in [-0.2, -0.15) is 0 Å². The molecule has 3 rings (SSSR count). The van der Waals surface area contributed by atoms with Crippen LogP contribution >= 0.6 is 0 Å². The van der Waals surface area contributed by atoms with Gasteiger partial charge >= 0.3 is 0 Å². The van der Waals surface area contributed by atoms with Crippen molar-refractivity contribution in [1.29, 1.82) is 0 Å². The van der Waals surface area contributed by atoms with Crippen LogP contribution in [0.15, 0.2) is 18.2 Å². The number of hydrogen-bond donors (Lipinski definition) is 2. The molecule has 0 saturated heterocycles. The van der Waals surface area contributed by atoms with Crippen molar-refractivity contribution in [2.75, 3.05) is 19.8 Å². The molecule has 1 aliphatic heterocycles. The van der Waals surface area contributed by atoms with Crippen molar-refractivity contribution in [3.05, 3.63) is 23.8 Å². The molecule has 0 aromatic heterocycles. The third-order valence-electron chi connectivity index (χ3n) is 4.62. The highest BCUT2D eigenvalue weighted by Crippen LogP contribution is 2.33. The Morgan fingerprint density at radius 2 is 2.05 bits per heavy atom. The molecule has 1 aromatic carbocycles. The Labute approximate surface area is 126 Å². The lowest BCUT2D eigenvalue weighted by Gasteiger charge is -2.24. The molecular weight excluding hydrogens is 266 g/mol. The number of ether oxygens (including phenoxy) is 2. The highest BCUT2D eigenvalue weighted by Gasteiger charge is 2.25. The normalized spacial score (nSPS) is 25.8. The van der Waals surface area contributed by atoms with Crippen LogP contribution in [0.5, 0.6) is 11.5 Å². The van der Waals surface area contributed by atoms with Crippen LogP contribution in [0.4, 0.5) is 0 Å². The third kappa shape index (κ3) is 3.33. The molecule has 4 nitrogen and oxygen atoms in total. The van der Waals surface area contributed by atoms with Gasteiger partial charge in [0.05, 0.1) is 6.10 Å². The first-order valence-corrected chi connectivity index (χ1v) is 8.09. The maximum atomic E-state index is 9.93. The minimum Gasteiger partial charge on any atom is -0.486 e. The summed E-state index contributed by atoms with van der Waals surface area (Å²) in [6.45, 7) is 4.31. The lowest BCUT2D eigenvalue weighted by Crippen LogP contribution is -2.30. The van der Waals surface area contributed by atoms with E-state index in [0.29, 0.717) is 25.2 Å². The Bertz CT molecular complexity index is 477. The Morgan fingerprint density at radius 3 is 2.76 bits per heavy atom. The molecule has 0 amide bonds. The van der Waals surface area contributed by atoms with Gasteiger partial charge in [0.2, 0.25) is 0 Å². The average Bonchev–Trinajstić information content (AvgIpc) is 2.93. The fourth-order valence-corrected chi connectivity index (χ4v) is 3.32. The fraction of sp³-hybridized carbons (Fsp3) is 0.647. The van der Waals surface area contributed by atoms with E-state index in [1.807, 2.05) is 6.07 Å². The van der Waals surface area contributed by atoms with E-state index < -0.39 is 0 Å². The molecule has 1 heterocycles. The van der Waals surface area contributed by atoms with Crippen molar-refractivity contribution in [3.63, 3.8) is 0 Å². The standard InChI is InChI=1S/C17H25NO3/c1-2-14(18-11-13-4-3-5-15(13)19)12-6-7-16-17(10-12)21-9-8-20-16/h6-7,10,13-15,18-19H,2-5,8-9,11H2,1H3. The highest BCUT2D eigenvalue weighted by atomic mass is 16.6. The molecule has 4 heteroatoms. The van der Waals surface area contributed by atoms with Crippen LogP contribution < -0.4 is 14.8 Å². The molecule has 21 heavy (non-hydrogen) atoms. The Kier molecular flexibility index (Phi) is 4.66. The van der Waals surface area contributed by atoms with Crippen molar-refractivity contribution < 1.29 is 14.6 Å². The van der Waals surface area contributed by atoms with Crippen molar-refractivity contribution >= 4 is 0 Å². The predicted molar refractivity (Wildman–Crippen MR) is 81.8 cm³/mol. The predicted octanol–water partition coefficient (Wildman–Crippen LogP) is 2.66. The molecule has 116 valence electrons. The second-order valence-corrected chi connectivity index (χ2v) is 6.03. The summed E-state index contributed by atoms with van der Waals surface area (Å²) < 4.78 is 11.2. The third-order valence-corrected chi connectivity index (χ3v) is 4.62. The second kappa shape index (κ2) is 6.67. The van der Waals surface area contributed by atoms with E-state index in [0.717, 1.165) is 43.7 Å². The minimum absolute atomic E-state index is 0.129. The van der Waals surface area contributed by atoms with Crippen LogP contribution in [0.25, 0.3) is 0 Å². The van der Waals surface area contributed by atoms with Crippen LogP contribution in [0.3, 0.4) is 0 Å². The number of hydrogen-bond acceptors (Lipinski definition) is 4. The molecule has 1 aromatic rings. The lowest BCUT2D eigenvalue weighted by molar-refractivity contribution is 0.129. The quantitative estimate of drug-likeness (QED) is 0.875. The molecule has 0 bridgehead atoms. The van der Waals surface area contributed by atoms with Gasteiger partial charge in [-0.25, -0.2) is 0 Å². The summed E-state index contributed by atoms with van der Waals surface area (Å²) in [7, 11) is 0. The largest absolute Gasteiger partial charge is 0.486 e. The topological polar surface area (TPSA) is 50.7 Å². The number of nitrogens with one attached hydrogen (secondary N) is 1. The summed E-state index contributed by atoms with van der Waals surface area (Å²) in [5, 5.41) is 13.5. The van der Waals surface area contributed by atoms with Crippen LogP contribution in [0, 0.1) is 5.92 Å². The van der Waals surface area contributed by atoms with Crippen molar-refractivity contribution in [1.82, 2.24) is 5.32 Å². The molecule has 1 saturated carbocycles. The molecule has 3 unspecified atom stereocenters. The van der Waals surface area contributed by atoms with Crippen molar-refractivity contribution in [2.45, 2.75) is 44.8 Å². The van der Waals surface area contributed by atoms with Crippen LogP contribution in [0.2, 0.25) is 0 Å². The summed E-state index contributed by atoms with van der Waals surface area (Å²) in [4.78, 5) is 0. The summed E-state index contributed by atoms with van der Waals surface area (Å²) in [6, 6.07) is 6.49. The molecule has 0 spiro atoms. The Hall–Kier alpha value is -1.26. The molecule has 1 fully saturated rings. The molecule has 1 aliphatic carbocycles. The smallest absolute Gasteiger partial charge is 0.161 e. The van der Waals surface area contributed by atoms with Gasteiger partial charge in [-0.05, 0) is 42.9 Å². The first-order chi connectivity index (χ1) is 10.3. The summed E-state index contributed by atoms with van der Waals surface area (Å²) in [5.74, 6) is 2.09. The van der Waals surface area contributed by atoms with Crippen molar-refractivity contribution in [3.8, 4) is 11.5 Å². The number of rotatable bonds is 5. The second-order valence-electron chi connectivity index (χ2n) is 6.03. The fourth-order valence-electron chi connectivity index (χ4n) is 3.32. The van der Waals surface area contributed by atoms with E-state index in [-0.39, 0.29) is 6.10 Å². The zero-order valence-electron chi connectivity index (χ0n) is 12.7. The maximum absolute atomic E-state index is 9.93. The molecule has 2 aliphatic rings. The van der Waals surface area contributed by atoms with Gasteiger partial charge in [-0.3, -0.25) is 0 Å². The van der Waals surface area contributed by atoms with Gasteiger partial charge in [0.15, 0.2) is 11.5 Å². The molecule has 2 N–H and O–H groups in total. The number of aliphatic hydroxyl groups excluding tert-OH is 1. The van der Waals surface area contributed by atoms with E-state index in [1.54, 1.807) is 0 Å². The summed E-state index contributed by atoms with van der Waals surface area (Å²) >= 11 is 0. The number of aliphatic hydroxyl groups is 1. The van der Waals surface area contributed by atoms with E-state index in [1.165, 1.54) is 5.56 Å². The zero-order valence-corrected chi connectivity index (χ0v) is 12.7. The zero-order chi connectivity index (χ0) is 14.7. The minimum atomic E-state index is -0.129.